The van der Waals surface area contributed by atoms with E-state index < -0.39 is 0 Å². The lowest BCUT2D eigenvalue weighted by molar-refractivity contribution is 0.307. The molecule has 5 heteroatoms. The summed E-state index contributed by atoms with van der Waals surface area (Å²) in [5.41, 5.74) is 0.971. The summed E-state index contributed by atoms with van der Waals surface area (Å²) in [5.74, 6) is 2.27. The monoisotopic (exact) mass is 277 g/mol. The smallest absolute Gasteiger partial charge is 0.221 e. The van der Waals surface area contributed by atoms with Gasteiger partial charge in [0.25, 0.3) is 0 Å². The third-order valence-electron chi connectivity index (χ3n) is 2.72. The molecule has 0 bridgehead atoms. The maximum atomic E-state index is 5.79. The van der Waals surface area contributed by atoms with Crippen LogP contribution in [-0.4, -0.2) is 23.1 Å². The highest BCUT2D eigenvalue weighted by molar-refractivity contribution is 7.09. The van der Waals surface area contributed by atoms with Crippen molar-refractivity contribution in [2.24, 2.45) is 0 Å². The summed E-state index contributed by atoms with van der Waals surface area (Å²) in [5, 5.41) is 5.31. The Morgan fingerprint density at radius 3 is 2.84 bits per heavy atom. The topological polar surface area (TPSA) is 47.0 Å². The van der Waals surface area contributed by atoms with Crippen molar-refractivity contribution in [3.8, 4) is 5.88 Å². The largest absolute Gasteiger partial charge is 0.477 e. The van der Waals surface area contributed by atoms with Crippen molar-refractivity contribution in [2.45, 2.75) is 27.2 Å². The van der Waals surface area contributed by atoms with Crippen LogP contribution in [0, 0.1) is 13.8 Å². The van der Waals surface area contributed by atoms with E-state index in [2.05, 4.69) is 32.8 Å². The average molecular weight is 277 g/mol. The molecule has 102 valence electrons. The molecule has 1 N–H and O–H groups in total. The van der Waals surface area contributed by atoms with Crippen LogP contribution in [0.2, 0.25) is 0 Å². The summed E-state index contributed by atoms with van der Waals surface area (Å²) in [6.45, 7) is 7.40. The van der Waals surface area contributed by atoms with Crippen molar-refractivity contribution >= 4 is 17.2 Å². The summed E-state index contributed by atoms with van der Waals surface area (Å²) < 4.78 is 5.79. The molecular weight excluding hydrogens is 258 g/mol. The number of hydrogen-bond donors (Lipinski definition) is 1. The Bertz CT molecular complexity index is 526. The van der Waals surface area contributed by atoms with E-state index in [4.69, 9.17) is 4.74 Å². The Morgan fingerprint density at radius 1 is 1.32 bits per heavy atom. The molecule has 0 atom stereocenters. The molecule has 2 aromatic rings. The zero-order chi connectivity index (χ0) is 13.7. The minimum atomic E-state index is 0.642. The van der Waals surface area contributed by atoms with Gasteiger partial charge in [0.2, 0.25) is 5.88 Å². The fraction of sp³-hybridized carbons (Fsp3) is 0.429. The minimum absolute atomic E-state index is 0.642. The number of thiophene rings is 1. The van der Waals surface area contributed by atoms with E-state index in [9.17, 15) is 0 Å². The molecule has 0 unspecified atom stereocenters. The lowest BCUT2D eigenvalue weighted by Gasteiger charge is -2.12. The van der Waals surface area contributed by atoms with Gasteiger partial charge in [-0.05, 0) is 32.2 Å². The van der Waals surface area contributed by atoms with Crippen molar-refractivity contribution in [2.75, 3.05) is 18.5 Å². The third-order valence-corrected chi connectivity index (χ3v) is 3.66. The van der Waals surface area contributed by atoms with Crippen molar-refractivity contribution in [1.29, 1.82) is 0 Å². The number of nitrogens with one attached hydrogen (secondary N) is 1. The van der Waals surface area contributed by atoms with Crippen LogP contribution in [0.4, 0.5) is 5.82 Å². The van der Waals surface area contributed by atoms with Crippen molar-refractivity contribution in [3.63, 3.8) is 0 Å². The second-order valence-electron chi connectivity index (χ2n) is 4.26. The number of aryl methyl sites for hydroxylation is 1. The van der Waals surface area contributed by atoms with Crippen LogP contribution in [-0.2, 0) is 6.42 Å². The fourth-order valence-electron chi connectivity index (χ4n) is 1.79. The number of aromatic nitrogens is 2. The van der Waals surface area contributed by atoms with Crippen LogP contribution in [0.3, 0.4) is 0 Å². The van der Waals surface area contributed by atoms with Gasteiger partial charge in [0, 0.05) is 17.8 Å². The van der Waals surface area contributed by atoms with E-state index in [0.717, 1.165) is 30.2 Å². The zero-order valence-electron chi connectivity index (χ0n) is 11.6. The van der Waals surface area contributed by atoms with Gasteiger partial charge in [-0.3, -0.25) is 0 Å². The van der Waals surface area contributed by atoms with Crippen LogP contribution in [0.25, 0.3) is 0 Å². The molecule has 2 aromatic heterocycles. The van der Waals surface area contributed by atoms with Gasteiger partial charge >= 0.3 is 0 Å². The maximum absolute atomic E-state index is 5.79. The number of ether oxygens (including phenoxy) is 1. The molecule has 0 aliphatic carbocycles. The summed E-state index contributed by atoms with van der Waals surface area (Å²) >= 11 is 1.75. The van der Waals surface area contributed by atoms with Gasteiger partial charge in [-0.25, -0.2) is 4.98 Å². The average Bonchev–Trinajstić information content (AvgIpc) is 2.88. The highest BCUT2D eigenvalue weighted by Crippen LogP contribution is 2.22. The molecular formula is C14H19N3OS. The number of hydrogen-bond acceptors (Lipinski definition) is 5. The summed E-state index contributed by atoms with van der Waals surface area (Å²) in [6, 6.07) is 4.18. The van der Waals surface area contributed by atoms with Crippen molar-refractivity contribution < 1.29 is 4.74 Å². The molecule has 0 saturated carbocycles. The standard InChI is InChI=1S/C14H19N3OS/c1-4-15-13-10(2)14(17-11(3)16-13)18-8-7-12-6-5-9-19-12/h5-6,9H,4,7-8H2,1-3H3,(H,15,16,17). The lowest BCUT2D eigenvalue weighted by Crippen LogP contribution is -2.09. The van der Waals surface area contributed by atoms with E-state index in [0.29, 0.717) is 12.5 Å². The Balaban J connectivity index is 2.02. The molecule has 0 radical (unpaired) electrons. The molecule has 0 aliphatic rings. The Kier molecular flexibility index (Phi) is 4.74. The molecule has 19 heavy (non-hydrogen) atoms. The summed E-state index contributed by atoms with van der Waals surface area (Å²) in [7, 11) is 0. The van der Waals surface area contributed by atoms with Crippen molar-refractivity contribution in [3.05, 3.63) is 33.8 Å². The van der Waals surface area contributed by atoms with E-state index in [1.54, 1.807) is 11.3 Å². The van der Waals surface area contributed by atoms with Crippen LogP contribution in [0.1, 0.15) is 23.2 Å². The van der Waals surface area contributed by atoms with Gasteiger partial charge in [-0.15, -0.1) is 11.3 Å². The molecule has 0 aliphatic heterocycles. The maximum Gasteiger partial charge on any atom is 0.221 e. The molecule has 4 nitrogen and oxygen atoms in total. The SMILES string of the molecule is CCNc1nc(C)nc(OCCc2cccs2)c1C. The zero-order valence-corrected chi connectivity index (χ0v) is 12.4. The quantitative estimate of drug-likeness (QED) is 0.880. The van der Waals surface area contributed by atoms with E-state index in [-0.39, 0.29) is 0 Å². The molecule has 2 rings (SSSR count). The van der Waals surface area contributed by atoms with Gasteiger partial charge in [-0.1, -0.05) is 6.07 Å². The second kappa shape index (κ2) is 6.52. The Labute approximate surface area is 117 Å². The molecule has 0 aromatic carbocycles. The first-order valence-electron chi connectivity index (χ1n) is 6.45. The number of nitrogens with zero attached hydrogens (tertiary/aromatic N) is 2. The van der Waals surface area contributed by atoms with Gasteiger partial charge in [0.05, 0.1) is 12.2 Å². The fourth-order valence-corrected chi connectivity index (χ4v) is 2.48. The third kappa shape index (κ3) is 3.67. The molecule has 0 amide bonds. The van der Waals surface area contributed by atoms with Crippen LogP contribution in [0.5, 0.6) is 5.88 Å². The number of anilines is 1. The van der Waals surface area contributed by atoms with Gasteiger partial charge in [-0.2, -0.15) is 4.98 Å². The number of rotatable bonds is 6. The van der Waals surface area contributed by atoms with Crippen LogP contribution < -0.4 is 10.1 Å². The Morgan fingerprint density at radius 2 is 2.16 bits per heavy atom. The van der Waals surface area contributed by atoms with E-state index in [1.807, 2.05) is 20.8 Å². The first-order chi connectivity index (χ1) is 9.20. The van der Waals surface area contributed by atoms with Gasteiger partial charge < -0.3 is 10.1 Å². The van der Waals surface area contributed by atoms with E-state index in [1.165, 1.54) is 4.88 Å². The second-order valence-corrected chi connectivity index (χ2v) is 5.29. The normalized spacial score (nSPS) is 10.5. The Hall–Kier alpha value is -1.62. The molecule has 0 fully saturated rings. The van der Waals surface area contributed by atoms with Crippen LogP contribution in [0.15, 0.2) is 17.5 Å². The predicted octanol–water partition coefficient (Wildman–Crippen LogP) is 3.21. The minimum Gasteiger partial charge on any atom is -0.477 e. The first kappa shape index (κ1) is 13.8. The van der Waals surface area contributed by atoms with Gasteiger partial charge in [0.1, 0.15) is 11.6 Å². The molecule has 0 spiro atoms. The van der Waals surface area contributed by atoms with Gasteiger partial charge in [0.15, 0.2) is 0 Å². The van der Waals surface area contributed by atoms with Crippen LogP contribution >= 0.6 is 11.3 Å². The summed E-state index contributed by atoms with van der Waals surface area (Å²) in [4.78, 5) is 10.1. The van der Waals surface area contributed by atoms with E-state index >= 15 is 0 Å². The highest BCUT2D eigenvalue weighted by atomic mass is 32.1. The van der Waals surface area contributed by atoms with Crippen molar-refractivity contribution in [1.82, 2.24) is 9.97 Å². The first-order valence-corrected chi connectivity index (χ1v) is 7.33. The molecule has 0 saturated heterocycles. The predicted molar refractivity (Wildman–Crippen MR) is 79.2 cm³/mol. The highest BCUT2D eigenvalue weighted by Gasteiger charge is 2.09. The summed E-state index contributed by atoms with van der Waals surface area (Å²) in [6.07, 6.45) is 0.913. The lowest BCUT2D eigenvalue weighted by atomic mass is 10.3. The molecule has 2 heterocycles.